The van der Waals surface area contributed by atoms with Crippen molar-refractivity contribution in [2.24, 2.45) is 11.8 Å². The van der Waals surface area contributed by atoms with Crippen molar-refractivity contribution < 1.29 is 31.9 Å². The molecule has 1 heterocycles. The number of halogens is 1. The van der Waals surface area contributed by atoms with Crippen LogP contribution in [0.1, 0.15) is 50.5 Å². The number of hydrogen-bond acceptors (Lipinski definition) is 6. The fraction of sp³-hybridized carbons (Fsp3) is 0.636. The van der Waals surface area contributed by atoms with Crippen molar-refractivity contribution in [2.75, 3.05) is 31.3 Å². The summed E-state index contributed by atoms with van der Waals surface area (Å²) in [5.41, 5.74) is 0.727. The third kappa shape index (κ3) is 7.57. The van der Waals surface area contributed by atoms with E-state index in [-0.39, 0.29) is 54.1 Å². The molecule has 9 heteroatoms. The molecule has 0 radical (unpaired) electrons. The van der Waals surface area contributed by atoms with Gasteiger partial charge in [0.2, 0.25) is 11.8 Å². The Morgan fingerprint density at radius 2 is 1.97 bits per heavy atom. The normalized spacial score (nSPS) is 20.4. The summed E-state index contributed by atoms with van der Waals surface area (Å²) in [6.45, 7) is 2.69. The topological polar surface area (TPSA) is 98.8 Å². The molecule has 2 aliphatic rings. The average molecular weight is 456 g/mol. The van der Waals surface area contributed by atoms with Crippen molar-refractivity contribution >= 4 is 21.7 Å². The Kier molecular flexibility index (Phi) is 8.05. The van der Waals surface area contributed by atoms with Gasteiger partial charge in [-0.2, -0.15) is 0 Å². The van der Waals surface area contributed by atoms with Crippen LogP contribution in [0.4, 0.5) is 4.39 Å². The molecule has 2 atom stereocenters. The Labute approximate surface area is 182 Å². The van der Waals surface area contributed by atoms with Gasteiger partial charge in [0.1, 0.15) is 0 Å². The molecule has 1 unspecified atom stereocenters. The van der Waals surface area contributed by atoms with Crippen LogP contribution in [0.5, 0.6) is 5.75 Å². The third-order valence-corrected chi connectivity index (χ3v) is 7.53. The SMILES string of the molecule is C[C@@H](CS(=O)(=O)CCCOCC1CCC(=O)NC1=O)c1ccc(F)c(OCC2CC2)c1. The molecule has 1 aliphatic carbocycles. The molecule has 2 amide bonds. The summed E-state index contributed by atoms with van der Waals surface area (Å²) in [6, 6.07) is 4.52. The Bertz CT molecular complexity index is 899. The minimum atomic E-state index is -3.33. The second-order valence-electron chi connectivity index (χ2n) is 8.54. The molecule has 172 valence electrons. The van der Waals surface area contributed by atoms with E-state index in [2.05, 4.69) is 5.32 Å². The van der Waals surface area contributed by atoms with E-state index in [1.165, 1.54) is 6.07 Å². The minimum Gasteiger partial charge on any atom is -0.490 e. The van der Waals surface area contributed by atoms with E-state index in [1.807, 2.05) is 0 Å². The molecule has 0 spiro atoms. The van der Waals surface area contributed by atoms with Crippen molar-refractivity contribution in [3.05, 3.63) is 29.6 Å². The molecule has 2 fully saturated rings. The molecule has 1 N–H and O–H groups in total. The number of amides is 2. The lowest BCUT2D eigenvalue weighted by Crippen LogP contribution is -2.42. The van der Waals surface area contributed by atoms with Crippen LogP contribution in [0.25, 0.3) is 0 Å². The number of carbonyl (C=O) groups excluding carboxylic acids is 2. The van der Waals surface area contributed by atoms with Gasteiger partial charge >= 0.3 is 0 Å². The number of piperidine rings is 1. The van der Waals surface area contributed by atoms with Gasteiger partial charge in [-0.1, -0.05) is 13.0 Å². The van der Waals surface area contributed by atoms with Gasteiger partial charge in [0.25, 0.3) is 0 Å². The van der Waals surface area contributed by atoms with Crippen LogP contribution in [0.2, 0.25) is 0 Å². The van der Waals surface area contributed by atoms with Crippen molar-refractivity contribution in [2.45, 2.75) is 44.9 Å². The molecule has 1 aliphatic heterocycles. The van der Waals surface area contributed by atoms with Gasteiger partial charge in [-0.05, 0) is 55.2 Å². The number of benzene rings is 1. The standard InChI is InChI=1S/C22H30FNO6S/c1-15(17-5-7-19(23)20(11-17)30-12-16-3-4-16)14-31(27,28)10-2-9-29-13-18-6-8-21(25)24-22(18)26/h5,7,11,15-16,18H,2-4,6,8-10,12-14H2,1H3,(H,24,25,26)/t15-,18?/m0/s1. The van der Waals surface area contributed by atoms with E-state index in [0.29, 0.717) is 31.8 Å². The molecule has 1 saturated carbocycles. The van der Waals surface area contributed by atoms with Crippen LogP contribution in [0.3, 0.4) is 0 Å². The lowest BCUT2D eigenvalue weighted by molar-refractivity contribution is -0.137. The Hall–Kier alpha value is -2.00. The molecule has 31 heavy (non-hydrogen) atoms. The molecule has 1 aromatic carbocycles. The second-order valence-corrected chi connectivity index (χ2v) is 10.8. The number of imide groups is 1. The van der Waals surface area contributed by atoms with Crippen molar-refractivity contribution in [3.8, 4) is 5.75 Å². The Morgan fingerprint density at radius 3 is 2.68 bits per heavy atom. The van der Waals surface area contributed by atoms with Gasteiger partial charge in [0, 0.05) is 13.0 Å². The summed E-state index contributed by atoms with van der Waals surface area (Å²) in [5, 5.41) is 2.27. The molecule has 3 rings (SSSR count). The van der Waals surface area contributed by atoms with Gasteiger partial charge in [0.05, 0.1) is 30.6 Å². The molecule has 7 nitrogen and oxygen atoms in total. The second kappa shape index (κ2) is 10.5. The molecule has 0 aromatic heterocycles. The Morgan fingerprint density at radius 1 is 1.19 bits per heavy atom. The predicted molar refractivity (Wildman–Crippen MR) is 113 cm³/mol. The highest BCUT2D eigenvalue weighted by atomic mass is 32.2. The van der Waals surface area contributed by atoms with Crippen molar-refractivity contribution in [3.63, 3.8) is 0 Å². The number of carbonyl (C=O) groups is 2. The zero-order valence-corrected chi connectivity index (χ0v) is 18.6. The highest BCUT2D eigenvalue weighted by Crippen LogP contribution is 2.31. The van der Waals surface area contributed by atoms with E-state index >= 15 is 0 Å². The molecule has 1 saturated heterocycles. The highest BCUT2D eigenvalue weighted by Gasteiger charge is 2.27. The van der Waals surface area contributed by atoms with Crippen LogP contribution in [-0.2, 0) is 24.2 Å². The van der Waals surface area contributed by atoms with E-state index in [1.54, 1.807) is 19.1 Å². The van der Waals surface area contributed by atoms with Crippen molar-refractivity contribution in [1.29, 1.82) is 0 Å². The first-order valence-electron chi connectivity index (χ1n) is 10.8. The summed E-state index contributed by atoms with van der Waals surface area (Å²) in [7, 11) is -3.33. The van der Waals surface area contributed by atoms with Crippen LogP contribution in [0, 0.1) is 17.7 Å². The molecular weight excluding hydrogens is 425 g/mol. The van der Waals surface area contributed by atoms with Crippen LogP contribution in [0.15, 0.2) is 18.2 Å². The lowest BCUT2D eigenvalue weighted by Gasteiger charge is -2.20. The summed E-state index contributed by atoms with van der Waals surface area (Å²) in [4.78, 5) is 22.8. The summed E-state index contributed by atoms with van der Waals surface area (Å²) < 4.78 is 49.9. The molecular formula is C22H30FNO6S. The van der Waals surface area contributed by atoms with Crippen LogP contribution in [-0.4, -0.2) is 51.6 Å². The quantitative estimate of drug-likeness (QED) is 0.384. The lowest BCUT2D eigenvalue weighted by atomic mass is 9.99. The summed E-state index contributed by atoms with van der Waals surface area (Å²) >= 11 is 0. The number of nitrogens with one attached hydrogen (secondary N) is 1. The first-order chi connectivity index (χ1) is 14.7. The molecule has 1 aromatic rings. The smallest absolute Gasteiger partial charge is 0.232 e. The zero-order valence-electron chi connectivity index (χ0n) is 17.8. The minimum absolute atomic E-state index is 0.0288. The number of sulfone groups is 1. The Balaban J connectivity index is 1.40. The zero-order chi connectivity index (χ0) is 22.4. The fourth-order valence-electron chi connectivity index (χ4n) is 3.49. The summed E-state index contributed by atoms with van der Waals surface area (Å²) in [6.07, 6.45) is 3.27. The fourth-order valence-corrected chi connectivity index (χ4v) is 5.17. The van der Waals surface area contributed by atoms with Gasteiger partial charge in [-0.25, -0.2) is 12.8 Å². The summed E-state index contributed by atoms with van der Waals surface area (Å²) in [5.74, 6) is -1.11. The maximum atomic E-state index is 14.0. The highest BCUT2D eigenvalue weighted by molar-refractivity contribution is 7.91. The van der Waals surface area contributed by atoms with Gasteiger partial charge in [0.15, 0.2) is 21.4 Å². The first kappa shape index (κ1) is 23.7. The third-order valence-electron chi connectivity index (χ3n) is 5.62. The first-order valence-corrected chi connectivity index (χ1v) is 12.6. The van der Waals surface area contributed by atoms with Crippen LogP contribution < -0.4 is 10.1 Å². The van der Waals surface area contributed by atoms with E-state index < -0.39 is 15.7 Å². The van der Waals surface area contributed by atoms with Gasteiger partial charge < -0.3 is 9.47 Å². The van der Waals surface area contributed by atoms with E-state index in [4.69, 9.17) is 9.47 Å². The average Bonchev–Trinajstić information content (AvgIpc) is 3.52. The largest absolute Gasteiger partial charge is 0.490 e. The van der Waals surface area contributed by atoms with Gasteiger partial charge in [-0.15, -0.1) is 0 Å². The monoisotopic (exact) mass is 455 g/mol. The van der Waals surface area contributed by atoms with Crippen molar-refractivity contribution in [1.82, 2.24) is 5.32 Å². The van der Waals surface area contributed by atoms with E-state index in [0.717, 1.165) is 18.4 Å². The van der Waals surface area contributed by atoms with Crippen LogP contribution >= 0.6 is 0 Å². The van der Waals surface area contributed by atoms with Gasteiger partial charge in [-0.3, -0.25) is 14.9 Å². The number of ether oxygens (including phenoxy) is 2. The predicted octanol–water partition coefficient (Wildman–Crippen LogP) is 2.59. The maximum absolute atomic E-state index is 14.0. The molecule has 0 bridgehead atoms. The number of hydrogen-bond donors (Lipinski definition) is 1. The van der Waals surface area contributed by atoms with E-state index in [9.17, 15) is 22.4 Å². The number of rotatable bonds is 12. The maximum Gasteiger partial charge on any atom is 0.232 e.